The van der Waals surface area contributed by atoms with Crippen molar-refractivity contribution in [1.82, 2.24) is 5.32 Å². The van der Waals surface area contributed by atoms with E-state index in [0.717, 1.165) is 5.56 Å². The lowest BCUT2D eigenvalue weighted by Crippen LogP contribution is -2.19. The van der Waals surface area contributed by atoms with Crippen molar-refractivity contribution in [1.29, 1.82) is 0 Å². The molecule has 108 valence electrons. The molecule has 1 aromatic rings. The van der Waals surface area contributed by atoms with Crippen LogP contribution in [0, 0.1) is 0 Å². The Bertz CT molecular complexity index is 390. The van der Waals surface area contributed by atoms with Crippen molar-refractivity contribution in [3.63, 3.8) is 0 Å². The second-order valence-corrected chi connectivity index (χ2v) is 4.24. The van der Waals surface area contributed by atoms with Gasteiger partial charge in [0.2, 0.25) is 0 Å². The van der Waals surface area contributed by atoms with E-state index in [2.05, 4.69) is 5.32 Å². The van der Waals surface area contributed by atoms with Crippen LogP contribution in [0.15, 0.2) is 12.1 Å². The largest absolute Gasteiger partial charge is 0.493 e. The first kappa shape index (κ1) is 16.0. The molecule has 19 heavy (non-hydrogen) atoms. The Balaban J connectivity index is 2.82. The van der Waals surface area contributed by atoms with Crippen LogP contribution in [0.2, 0.25) is 5.02 Å². The van der Waals surface area contributed by atoms with Gasteiger partial charge in [-0.05, 0) is 6.07 Å². The van der Waals surface area contributed by atoms with Crippen LogP contribution in [-0.4, -0.2) is 40.7 Å². The number of rotatable bonds is 9. The highest BCUT2D eigenvalue weighted by Crippen LogP contribution is 2.34. The maximum atomic E-state index is 12.3. The van der Waals surface area contributed by atoms with Gasteiger partial charge in [-0.15, -0.1) is 0 Å². The highest BCUT2D eigenvalue weighted by molar-refractivity contribution is 6.30. The SMILES string of the molecule is COCCNCc1cc(Cl)cc(OC)c1OCCF. The summed E-state index contributed by atoms with van der Waals surface area (Å²) in [5, 5.41) is 3.73. The molecule has 0 atom stereocenters. The molecule has 0 saturated carbocycles. The zero-order chi connectivity index (χ0) is 14.1. The average Bonchev–Trinajstić information content (AvgIpc) is 2.41. The summed E-state index contributed by atoms with van der Waals surface area (Å²) in [5.41, 5.74) is 0.828. The lowest BCUT2D eigenvalue weighted by atomic mass is 10.2. The van der Waals surface area contributed by atoms with Gasteiger partial charge in [-0.2, -0.15) is 0 Å². The molecule has 0 fully saturated rings. The molecule has 0 aromatic heterocycles. The van der Waals surface area contributed by atoms with Gasteiger partial charge in [-0.1, -0.05) is 11.6 Å². The number of hydrogen-bond donors (Lipinski definition) is 1. The van der Waals surface area contributed by atoms with Crippen molar-refractivity contribution >= 4 is 11.6 Å². The summed E-state index contributed by atoms with van der Waals surface area (Å²) in [6.45, 7) is 1.29. The van der Waals surface area contributed by atoms with Crippen molar-refractivity contribution < 1.29 is 18.6 Å². The molecule has 0 aliphatic heterocycles. The smallest absolute Gasteiger partial charge is 0.165 e. The van der Waals surface area contributed by atoms with Crippen LogP contribution in [-0.2, 0) is 11.3 Å². The van der Waals surface area contributed by atoms with Crippen molar-refractivity contribution in [2.24, 2.45) is 0 Å². The van der Waals surface area contributed by atoms with Crippen molar-refractivity contribution in [3.05, 3.63) is 22.7 Å². The second kappa shape index (κ2) is 8.96. The van der Waals surface area contributed by atoms with Crippen LogP contribution in [0.5, 0.6) is 11.5 Å². The maximum absolute atomic E-state index is 12.3. The van der Waals surface area contributed by atoms with E-state index in [1.54, 1.807) is 19.2 Å². The summed E-state index contributed by atoms with van der Waals surface area (Å²) in [4.78, 5) is 0. The minimum absolute atomic E-state index is 0.0108. The van der Waals surface area contributed by atoms with Crippen LogP contribution in [0.3, 0.4) is 0 Å². The van der Waals surface area contributed by atoms with E-state index in [1.807, 2.05) is 0 Å². The molecule has 0 bridgehead atoms. The van der Waals surface area contributed by atoms with Gasteiger partial charge in [0.05, 0.1) is 13.7 Å². The van der Waals surface area contributed by atoms with Crippen LogP contribution >= 0.6 is 11.6 Å². The van der Waals surface area contributed by atoms with Crippen molar-refractivity contribution in [2.75, 3.05) is 40.7 Å². The van der Waals surface area contributed by atoms with Crippen molar-refractivity contribution in [3.8, 4) is 11.5 Å². The molecule has 0 aliphatic rings. The fraction of sp³-hybridized carbons (Fsp3) is 0.538. The number of halogens is 2. The first-order chi connectivity index (χ1) is 9.22. The molecular formula is C13H19ClFNO3. The summed E-state index contributed by atoms with van der Waals surface area (Å²) in [7, 11) is 3.16. The third-order valence-corrected chi connectivity index (χ3v) is 2.66. The fourth-order valence-electron chi connectivity index (χ4n) is 1.61. The van der Waals surface area contributed by atoms with Crippen molar-refractivity contribution in [2.45, 2.75) is 6.54 Å². The molecule has 0 heterocycles. The summed E-state index contributed by atoms with van der Waals surface area (Å²) in [5.74, 6) is 1.03. The molecular weight excluding hydrogens is 273 g/mol. The Morgan fingerprint density at radius 2 is 2.05 bits per heavy atom. The first-order valence-electron chi connectivity index (χ1n) is 5.97. The number of benzene rings is 1. The maximum Gasteiger partial charge on any atom is 0.165 e. The highest BCUT2D eigenvalue weighted by Gasteiger charge is 2.12. The molecule has 0 radical (unpaired) electrons. The summed E-state index contributed by atoms with van der Waals surface area (Å²) in [6.07, 6.45) is 0. The zero-order valence-electron chi connectivity index (χ0n) is 11.2. The van der Waals surface area contributed by atoms with Crippen LogP contribution in [0.4, 0.5) is 4.39 Å². The van der Waals surface area contributed by atoms with Gasteiger partial charge in [0.15, 0.2) is 11.5 Å². The van der Waals surface area contributed by atoms with Gasteiger partial charge in [-0.3, -0.25) is 0 Å². The number of nitrogens with one attached hydrogen (secondary N) is 1. The third-order valence-electron chi connectivity index (χ3n) is 2.44. The van der Waals surface area contributed by atoms with E-state index in [1.165, 1.54) is 7.11 Å². The molecule has 0 saturated heterocycles. The van der Waals surface area contributed by atoms with E-state index in [-0.39, 0.29) is 6.61 Å². The molecule has 0 amide bonds. The molecule has 6 heteroatoms. The van der Waals surface area contributed by atoms with Gasteiger partial charge < -0.3 is 19.5 Å². The third kappa shape index (κ3) is 5.22. The normalized spacial score (nSPS) is 10.5. The van der Waals surface area contributed by atoms with Crippen LogP contribution < -0.4 is 14.8 Å². The summed E-state index contributed by atoms with van der Waals surface area (Å²) < 4.78 is 27.8. The zero-order valence-corrected chi connectivity index (χ0v) is 11.9. The minimum Gasteiger partial charge on any atom is -0.493 e. The van der Waals surface area contributed by atoms with Crippen LogP contribution in [0.1, 0.15) is 5.56 Å². The topological polar surface area (TPSA) is 39.7 Å². The lowest BCUT2D eigenvalue weighted by molar-refractivity contribution is 0.199. The molecule has 0 aliphatic carbocycles. The molecule has 0 unspecified atom stereocenters. The molecule has 1 aromatic carbocycles. The standard InChI is InChI=1S/C13H19ClFNO3/c1-17-6-4-16-9-10-7-11(14)8-12(18-2)13(10)19-5-3-15/h7-8,16H,3-6,9H2,1-2H3. The van der Waals surface area contributed by atoms with Gasteiger partial charge in [0.1, 0.15) is 13.3 Å². The minimum atomic E-state index is -0.553. The summed E-state index contributed by atoms with van der Waals surface area (Å²) >= 11 is 6.01. The Labute approximate surface area is 117 Å². The number of ether oxygens (including phenoxy) is 3. The van der Waals surface area contributed by atoms with E-state index in [9.17, 15) is 4.39 Å². The first-order valence-corrected chi connectivity index (χ1v) is 6.35. The number of methoxy groups -OCH3 is 2. The monoisotopic (exact) mass is 291 g/mol. The van der Waals surface area contributed by atoms with Gasteiger partial charge in [-0.25, -0.2) is 4.39 Å². The van der Waals surface area contributed by atoms with E-state index in [0.29, 0.717) is 36.2 Å². The van der Waals surface area contributed by atoms with Gasteiger partial charge in [0.25, 0.3) is 0 Å². The Morgan fingerprint density at radius 3 is 2.68 bits per heavy atom. The molecule has 1 N–H and O–H groups in total. The fourth-order valence-corrected chi connectivity index (χ4v) is 1.84. The Morgan fingerprint density at radius 1 is 1.26 bits per heavy atom. The predicted octanol–water partition coefficient (Wildman–Crippen LogP) is 2.43. The lowest BCUT2D eigenvalue weighted by Gasteiger charge is -2.15. The quantitative estimate of drug-likeness (QED) is 0.710. The van der Waals surface area contributed by atoms with Gasteiger partial charge in [0, 0.05) is 36.9 Å². The Kier molecular flexibility index (Phi) is 7.55. The van der Waals surface area contributed by atoms with Gasteiger partial charge >= 0.3 is 0 Å². The Hall–Kier alpha value is -1.04. The molecule has 1 rings (SSSR count). The predicted molar refractivity (Wildman–Crippen MR) is 73.1 cm³/mol. The second-order valence-electron chi connectivity index (χ2n) is 3.80. The number of alkyl halides is 1. The van der Waals surface area contributed by atoms with Crippen LogP contribution in [0.25, 0.3) is 0 Å². The highest BCUT2D eigenvalue weighted by atomic mass is 35.5. The van der Waals surface area contributed by atoms with E-state index >= 15 is 0 Å². The average molecular weight is 292 g/mol. The van der Waals surface area contributed by atoms with E-state index < -0.39 is 6.67 Å². The molecule has 0 spiro atoms. The molecule has 4 nitrogen and oxygen atoms in total. The van der Waals surface area contributed by atoms with E-state index in [4.69, 9.17) is 25.8 Å². The number of hydrogen-bond acceptors (Lipinski definition) is 4. The summed E-state index contributed by atoms with van der Waals surface area (Å²) in [6, 6.07) is 3.42.